The fraction of sp³-hybridized carbons (Fsp3) is 0.217. The molecule has 1 N–H and O–H groups in total. The average Bonchev–Trinajstić information content (AvgIpc) is 2.80. The quantitative estimate of drug-likeness (QED) is 0.631. The van der Waals surface area contributed by atoms with Crippen LogP contribution in [0, 0.1) is 0 Å². The topological polar surface area (TPSA) is 98.8 Å². The number of hydrogen-bond acceptors (Lipinski definition) is 7. The highest BCUT2D eigenvalue weighted by Crippen LogP contribution is 2.33. The first-order valence-corrected chi connectivity index (χ1v) is 10.5. The summed E-state index contributed by atoms with van der Waals surface area (Å²) in [6.07, 6.45) is 0.265. The number of allylic oxidation sites excluding steroid dienone is 2. The predicted octanol–water partition coefficient (Wildman–Crippen LogP) is 2.56. The molecule has 0 aliphatic heterocycles. The second-order valence-corrected chi connectivity index (χ2v) is 7.67. The molecule has 160 valence electrons. The van der Waals surface area contributed by atoms with Gasteiger partial charge >= 0.3 is 5.97 Å². The first kappa shape index (κ1) is 22.3. The molecule has 0 aromatic heterocycles. The zero-order valence-corrected chi connectivity index (χ0v) is 17.9. The van der Waals surface area contributed by atoms with Gasteiger partial charge in [0.1, 0.15) is 10.9 Å². The molecular formula is C23H21NO6S. The van der Waals surface area contributed by atoms with Crippen molar-refractivity contribution >= 4 is 35.2 Å². The van der Waals surface area contributed by atoms with Gasteiger partial charge in [0.2, 0.25) is 17.5 Å². The smallest absolute Gasteiger partial charge is 0.328 e. The minimum absolute atomic E-state index is 0.0685. The molecule has 7 nitrogen and oxygen atoms in total. The fourth-order valence-corrected chi connectivity index (χ4v) is 4.11. The Morgan fingerprint density at radius 3 is 2.16 bits per heavy atom. The number of nitrogens with one attached hydrogen (secondary N) is 1. The summed E-state index contributed by atoms with van der Waals surface area (Å²) >= 11 is 0.901. The van der Waals surface area contributed by atoms with E-state index in [1.807, 2.05) is 30.3 Å². The molecule has 1 atom stereocenters. The molecule has 0 spiro atoms. The molecule has 0 heterocycles. The summed E-state index contributed by atoms with van der Waals surface area (Å²) in [5.41, 5.74) is 1.40. The van der Waals surface area contributed by atoms with Crippen molar-refractivity contribution in [3.63, 3.8) is 0 Å². The summed E-state index contributed by atoms with van der Waals surface area (Å²) in [7, 11) is 2.56. The monoisotopic (exact) mass is 439 g/mol. The number of rotatable bonds is 8. The molecule has 2 aromatic carbocycles. The number of Topliss-reactive ketones (excluding diaryl/α,β-unsaturated/α-hetero) is 2. The van der Waals surface area contributed by atoms with E-state index in [1.165, 1.54) is 14.2 Å². The number of benzene rings is 2. The van der Waals surface area contributed by atoms with Crippen LogP contribution in [0.2, 0.25) is 0 Å². The summed E-state index contributed by atoms with van der Waals surface area (Å²) < 4.78 is 9.97. The van der Waals surface area contributed by atoms with Gasteiger partial charge in [0, 0.05) is 17.5 Å². The van der Waals surface area contributed by atoms with Gasteiger partial charge in [0.05, 0.1) is 20.0 Å². The van der Waals surface area contributed by atoms with Crippen molar-refractivity contribution in [2.24, 2.45) is 0 Å². The molecule has 0 unspecified atom stereocenters. The molecule has 1 amide bonds. The number of amides is 1. The van der Waals surface area contributed by atoms with Gasteiger partial charge in [-0.3, -0.25) is 14.4 Å². The van der Waals surface area contributed by atoms with E-state index in [0.29, 0.717) is 0 Å². The molecule has 0 saturated carbocycles. The summed E-state index contributed by atoms with van der Waals surface area (Å²) in [5.74, 6) is -2.09. The Kier molecular flexibility index (Phi) is 7.25. The van der Waals surface area contributed by atoms with Crippen molar-refractivity contribution < 1.29 is 28.7 Å². The zero-order valence-electron chi connectivity index (χ0n) is 17.0. The van der Waals surface area contributed by atoms with Crippen LogP contribution in [0.25, 0.3) is 0 Å². The van der Waals surface area contributed by atoms with Gasteiger partial charge in [-0.05, 0) is 5.56 Å². The number of ketones is 2. The van der Waals surface area contributed by atoms with Gasteiger partial charge in [0.15, 0.2) is 5.76 Å². The summed E-state index contributed by atoms with van der Waals surface area (Å²) in [6, 6.07) is 14.8. The van der Waals surface area contributed by atoms with E-state index < -0.39 is 23.7 Å². The Hall–Kier alpha value is -3.39. The molecule has 0 saturated heterocycles. The van der Waals surface area contributed by atoms with Crippen LogP contribution >= 0.6 is 11.8 Å². The third kappa shape index (κ3) is 5.03. The lowest BCUT2D eigenvalue weighted by Crippen LogP contribution is -2.43. The highest BCUT2D eigenvalue weighted by molar-refractivity contribution is 8.04. The number of esters is 1. The molecule has 3 rings (SSSR count). The van der Waals surface area contributed by atoms with E-state index in [2.05, 4.69) is 5.32 Å². The predicted molar refractivity (Wildman–Crippen MR) is 116 cm³/mol. The Bertz CT molecular complexity index is 1050. The molecule has 2 aromatic rings. The maximum absolute atomic E-state index is 12.8. The maximum Gasteiger partial charge on any atom is 0.328 e. The average molecular weight is 439 g/mol. The van der Waals surface area contributed by atoms with Crippen LogP contribution in [0.3, 0.4) is 0 Å². The van der Waals surface area contributed by atoms with Crippen LogP contribution in [0.15, 0.2) is 65.3 Å². The Labute approximate surface area is 183 Å². The van der Waals surface area contributed by atoms with Gasteiger partial charge in [-0.15, -0.1) is 11.8 Å². The molecule has 1 aliphatic rings. The normalized spacial score (nSPS) is 14.0. The lowest BCUT2D eigenvalue weighted by atomic mass is 9.93. The van der Waals surface area contributed by atoms with Crippen molar-refractivity contribution in [1.29, 1.82) is 0 Å². The van der Waals surface area contributed by atoms with E-state index in [-0.39, 0.29) is 39.7 Å². The zero-order chi connectivity index (χ0) is 22.4. The van der Waals surface area contributed by atoms with Gasteiger partial charge in [0.25, 0.3) is 0 Å². The van der Waals surface area contributed by atoms with Crippen LogP contribution in [-0.2, 0) is 25.5 Å². The Morgan fingerprint density at radius 2 is 1.55 bits per heavy atom. The van der Waals surface area contributed by atoms with Crippen molar-refractivity contribution in [2.45, 2.75) is 12.5 Å². The van der Waals surface area contributed by atoms with E-state index in [0.717, 1.165) is 17.3 Å². The minimum atomic E-state index is -0.874. The van der Waals surface area contributed by atoms with Gasteiger partial charge in [-0.25, -0.2) is 4.79 Å². The number of ether oxygens (including phenoxy) is 2. The number of carbonyl (C=O) groups is 4. The molecule has 31 heavy (non-hydrogen) atoms. The Balaban J connectivity index is 1.71. The van der Waals surface area contributed by atoms with Crippen molar-refractivity contribution in [3.05, 3.63) is 82.0 Å². The van der Waals surface area contributed by atoms with Crippen LogP contribution in [0.1, 0.15) is 26.3 Å². The third-order valence-electron chi connectivity index (χ3n) is 4.69. The SMILES string of the molecule is COC(=O)[C@H](Cc1ccccc1)NC(=O)CSC1=C(OC)C(=O)c2ccccc2C1=O. The van der Waals surface area contributed by atoms with Crippen LogP contribution in [-0.4, -0.2) is 49.5 Å². The summed E-state index contributed by atoms with van der Waals surface area (Å²) in [5, 5.41) is 2.64. The van der Waals surface area contributed by atoms with Crippen molar-refractivity contribution in [3.8, 4) is 0 Å². The summed E-state index contributed by atoms with van der Waals surface area (Å²) in [4.78, 5) is 50.2. The van der Waals surface area contributed by atoms with E-state index in [4.69, 9.17) is 9.47 Å². The maximum atomic E-state index is 12.8. The van der Waals surface area contributed by atoms with Crippen molar-refractivity contribution in [1.82, 2.24) is 5.32 Å². The lowest BCUT2D eigenvalue weighted by Gasteiger charge is -2.20. The van der Waals surface area contributed by atoms with Crippen LogP contribution in [0.4, 0.5) is 0 Å². The standard InChI is InChI=1S/C23H21NO6S/c1-29-21-19(26)15-10-6-7-11-16(15)20(27)22(21)31-13-18(25)24-17(23(28)30-2)12-14-8-4-3-5-9-14/h3-11,17H,12-13H2,1-2H3,(H,24,25)/t17-/m0/s1. The lowest BCUT2D eigenvalue weighted by molar-refractivity contribution is -0.144. The molecule has 8 heteroatoms. The highest BCUT2D eigenvalue weighted by Gasteiger charge is 2.34. The number of fused-ring (bicyclic) bond motifs is 1. The number of thioether (sulfide) groups is 1. The number of methoxy groups -OCH3 is 2. The van der Waals surface area contributed by atoms with Gasteiger partial charge < -0.3 is 14.8 Å². The number of carbonyl (C=O) groups excluding carboxylic acids is 4. The van der Waals surface area contributed by atoms with E-state index in [9.17, 15) is 19.2 Å². The first-order valence-electron chi connectivity index (χ1n) is 9.46. The second kappa shape index (κ2) is 10.1. The van der Waals surface area contributed by atoms with Gasteiger partial charge in [-0.1, -0.05) is 54.6 Å². The molecular weight excluding hydrogens is 418 g/mol. The molecule has 0 fully saturated rings. The number of hydrogen-bond donors (Lipinski definition) is 1. The van der Waals surface area contributed by atoms with E-state index in [1.54, 1.807) is 24.3 Å². The Morgan fingerprint density at radius 1 is 0.935 bits per heavy atom. The fourth-order valence-electron chi connectivity index (χ4n) is 3.21. The van der Waals surface area contributed by atoms with E-state index >= 15 is 0 Å². The largest absolute Gasteiger partial charge is 0.491 e. The van der Waals surface area contributed by atoms with Gasteiger partial charge in [-0.2, -0.15) is 0 Å². The first-order chi connectivity index (χ1) is 15.0. The molecule has 0 radical (unpaired) electrons. The highest BCUT2D eigenvalue weighted by atomic mass is 32.2. The van der Waals surface area contributed by atoms with Crippen LogP contribution < -0.4 is 5.32 Å². The second-order valence-electron chi connectivity index (χ2n) is 6.69. The minimum Gasteiger partial charge on any atom is -0.491 e. The summed E-state index contributed by atoms with van der Waals surface area (Å²) in [6.45, 7) is 0. The third-order valence-corrected chi connectivity index (χ3v) is 5.76. The van der Waals surface area contributed by atoms with Crippen molar-refractivity contribution in [2.75, 3.05) is 20.0 Å². The molecule has 1 aliphatic carbocycles. The molecule has 0 bridgehead atoms. The van der Waals surface area contributed by atoms with Crippen LogP contribution in [0.5, 0.6) is 0 Å².